The summed E-state index contributed by atoms with van der Waals surface area (Å²) in [4.78, 5) is 19.0. The van der Waals surface area contributed by atoms with Gasteiger partial charge in [-0.1, -0.05) is 44.5 Å². The van der Waals surface area contributed by atoms with Gasteiger partial charge in [0.05, 0.1) is 5.69 Å². The first-order valence-electron chi connectivity index (χ1n) is 6.16. The highest BCUT2D eigenvalue weighted by molar-refractivity contribution is 6.31. The van der Waals surface area contributed by atoms with Gasteiger partial charge in [-0.3, -0.25) is 4.79 Å². The van der Waals surface area contributed by atoms with Crippen molar-refractivity contribution in [3.05, 3.63) is 50.9 Å². The number of aromatic amines is 1. The van der Waals surface area contributed by atoms with Crippen molar-refractivity contribution in [3.8, 4) is 11.4 Å². The predicted octanol–water partition coefficient (Wildman–Crippen LogP) is 3.70. The number of nitrogens with zero attached hydrogens (tertiary/aromatic N) is 1. The number of rotatable bonds is 1. The first-order chi connectivity index (χ1) is 8.77. The van der Waals surface area contributed by atoms with Crippen molar-refractivity contribution in [1.82, 2.24) is 9.97 Å². The Morgan fingerprint density at radius 3 is 2.47 bits per heavy atom. The fraction of sp³-hybridized carbons (Fsp3) is 0.333. The quantitative estimate of drug-likeness (QED) is 0.863. The van der Waals surface area contributed by atoms with Crippen LogP contribution in [0.1, 0.15) is 32.0 Å². The van der Waals surface area contributed by atoms with Gasteiger partial charge in [-0.2, -0.15) is 0 Å². The second-order valence-electron chi connectivity index (χ2n) is 5.69. The average Bonchev–Trinajstić information content (AvgIpc) is 2.31. The molecule has 1 aromatic heterocycles. The van der Waals surface area contributed by atoms with Crippen LogP contribution in [-0.4, -0.2) is 9.97 Å². The van der Waals surface area contributed by atoms with Crippen molar-refractivity contribution >= 4 is 11.6 Å². The molecule has 1 aromatic carbocycles. The van der Waals surface area contributed by atoms with Gasteiger partial charge in [0.2, 0.25) is 0 Å². The number of hydrogen-bond donors (Lipinski definition) is 1. The third kappa shape index (κ3) is 3.04. The van der Waals surface area contributed by atoms with Gasteiger partial charge in [-0.05, 0) is 18.6 Å². The lowest BCUT2D eigenvalue weighted by Gasteiger charge is -2.18. The van der Waals surface area contributed by atoms with Gasteiger partial charge in [0, 0.05) is 22.1 Å². The summed E-state index contributed by atoms with van der Waals surface area (Å²) in [6, 6.07) is 7.19. The van der Waals surface area contributed by atoms with Crippen LogP contribution < -0.4 is 5.56 Å². The van der Waals surface area contributed by atoms with Gasteiger partial charge in [0.1, 0.15) is 5.82 Å². The number of halogens is 1. The van der Waals surface area contributed by atoms with E-state index in [1.165, 1.54) is 0 Å². The summed E-state index contributed by atoms with van der Waals surface area (Å²) in [5, 5.41) is 0.668. The second-order valence-corrected chi connectivity index (χ2v) is 6.10. The summed E-state index contributed by atoms with van der Waals surface area (Å²) >= 11 is 6.11. The molecule has 1 heterocycles. The number of aromatic nitrogens is 2. The fourth-order valence-electron chi connectivity index (χ4n) is 1.72. The molecular weight excluding hydrogens is 260 g/mol. The molecule has 19 heavy (non-hydrogen) atoms. The van der Waals surface area contributed by atoms with Gasteiger partial charge in [0.25, 0.3) is 5.56 Å². The Balaban J connectivity index is 2.59. The Morgan fingerprint density at radius 2 is 1.89 bits per heavy atom. The number of H-pyrrole nitrogens is 1. The molecule has 0 aliphatic rings. The zero-order valence-corrected chi connectivity index (χ0v) is 12.3. The van der Waals surface area contributed by atoms with Crippen molar-refractivity contribution in [1.29, 1.82) is 0 Å². The van der Waals surface area contributed by atoms with Crippen LogP contribution in [0.2, 0.25) is 5.02 Å². The molecule has 2 aromatic rings. The molecule has 0 saturated carbocycles. The minimum atomic E-state index is -0.169. The highest BCUT2D eigenvalue weighted by Gasteiger charge is 2.17. The summed E-state index contributed by atoms with van der Waals surface area (Å²) in [6.45, 7) is 8.02. The maximum atomic E-state index is 11.8. The van der Waals surface area contributed by atoms with E-state index in [1.807, 2.05) is 45.9 Å². The molecule has 0 fully saturated rings. The lowest BCUT2D eigenvalue weighted by molar-refractivity contribution is 0.566. The summed E-state index contributed by atoms with van der Waals surface area (Å²) in [5.74, 6) is 0.555. The second kappa shape index (κ2) is 4.82. The Labute approximate surface area is 117 Å². The molecule has 0 saturated heterocycles. The SMILES string of the molecule is Cc1ccc(-c2nc(C(C)(C)C)cc(=O)[nH]2)cc1Cl. The zero-order valence-electron chi connectivity index (χ0n) is 11.5. The van der Waals surface area contributed by atoms with E-state index in [0.29, 0.717) is 10.8 Å². The molecule has 0 radical (unpaired) electrons. The average molecular weight is 277 g/mol. The van der Waals surface area contributed by atoms with Crippen LogP contribution in [-0.2, 0) is 5.41 Å². The summed E-state index contributed by atoms with van der Waals surface area (Å²) in [6.07, 6.45) is 0. The molecule has 0 aliphatic carbocycles. The molecular formula is C15H17ClN2O. The van der Waals surface area contributed by atoms with Gasteiger partial charge >= 0.3 is 0 Å². The van der Waals surface area contributed by atoms with E-state index in [0.717, 1.165) is 16.8 Å². The molecule has 0 amide bonds. The highest BCUT2D eigenvalue weighted by atomic mass is 35.5. The number of aryl methyl sites for hydroxylation is 1. The first-order valence-corrected chi connectivity index (χ1v) is 6.53. The number of nitrogens with one attached hydrogen (secondary N) is 1. The Morgan fingerprint density at radius 1 is 1.21 bits per heavy atom. The normalized spacial score (nSPS) is 11.6. The maximum absolute atomic E-state index is 11.8. The molecule has 3 nitrogen and oxygen atoms in total. The highest BCUT2D eigenvalue weighted by Crippen LogP contribution is 2.24. The van der Waals surface area contributed by atoms with Crippen molar-refractivity contribution in [3.63, 3.8) is 0 Å². The Hall–Kier alpha value is -1.61. The van der Waals surface area contributed by atoms with Crippen LogP contribution in [0.25, 0.3) is 11.4 Å². The van der Waals surface area contributed by atoms with E-state index in [4.69, 9.17) is 11.6 Å². The van der Waals surface area contributed by atoms with Crippen LogP contribution in [0.15, 0.2) is 29.1 Å². The van der Waals surface area contributed by atoms with Gasteiger partial charge in [0.15, 0.2) is 0 Å². The molecule has 0 spiro atoms. The number of benzene rings is 1. The minimum Gasteiger partial charge on any atom is -0.307 e. The van der Waals surface area contributed by atoms with Crippen molar-refractivity contribution in [2.75, 3.05) is 0 Å². The topological polar surface area (TPSA) is 45.8 Å². The van der Waals surface area contributed by atoms with E-state index in [1.54, 1.807) is 6.07 Å². The van der Waals surface area contributed by atoms with Gasteiger partial charge in [-0.15, -0.1) is 0 Å². The van der Waals surface area contributed by atoms with Crippen molar-refractivity contribution in [2.24, 2.45) is 0 Å². The maximum Gasteiger partial charge on any atom is 0.251 e. The van der Waals surface area contributed by atoms with E-state index in [9.17, 15) is 4.79 Å². The largest absolute Gasteiger partial charge is 0.307 e. The molecule has 0 unspecified atom stereocenters. The molecule has 0 bridgehead atoms. The standard InChI is InChI=1S/C15H17ClN2O/c1-9-5-6-10(7-11(9)16)14-17-12(15(2,3)4)8-13(19)18-14/h5-8H,1-4H3,(H,17,18,19). The fourth-order valence-corrected chi connectivity index (χ4v) is 1.90. The van der Waals surface area contributed by atoms with E-state index < -0.39 is 0 Å². The minimum absolute atomic E-state index is 0.147. The van der Waals surface area contributed by atoms with Crippen molar-refractivity contribution in [2.45, 2.75) is 33.1 Å². The predicted molar refractivity (Wildman–Crippen MR) is 78.7 cm³/mol. The van der Waals surface area contributed by atoms with Crippen molar-refractivity contribution < 1.29 is 0 Å². The van der Waals surface area contributed by atoms with Crippen LogP contribution in [0, 0.1) is 6.92 Å². The molecule has 1 N–H and O–H groups in total. The van der Waals surface area contributed by atoms with Crippen LogP contribution >= 0.6 is 11.6 Å². The van der Waals surface area contributed by atoms with E-state index in [2.05, 4.69) is 9.97 Å². The zero-order chi connectivity index (χ0) is 14.2. The number of hydrogen-bond acceptors (Lipinski definition) is 2. The summed E-state index contributed by atoms with van der Waals surface area (Å²) < 4.78 is 0. The van der Waals surface area contributed by atoms with Crippen LogP contribution in [0.3, 0.4) is 0 Å². The molecule has 0 aliphatic heterocycles. The lowest BCUT2D eigenvalue weighted by atomic mass is 9.92. The molecule has 100 valence electrons. The Bertz CT molecular complexity index is 669. The van der Waals surface area contributed by atoms with Crippen LogP contribution in [0.5, 0.6) is 0 Å². The monoisotopic (exact) mass is 276 g/mol. The molecule has 2 rings (SSSR count). The summed E-state index contributed by atoms with van der Waals surface area (Å²) in [7, 11) is 0. The first kappa shape index (κ1) is 13.8. The van der Waals surface area contributed by atoms with Gasteiger partial charge < -0.3 is 4.98 Å². The van der Waals surface area contributed by atoms with E-state index >= 15 is 0 Å². The molecule has 0 atom stereocenters. The molecule has 4 heteroatoms. The van der Waals surface area contributed by atoms with E-state index in [-0.39, 0.29) is 11.0 Å². The van der Waals surface area contributed by atoms with Crippen LogP contribution in [0.4, 0.5) is 0 Å². The third-order valence-electron chi connectivity index (χ3n) is 2.96. The smallest absolute Gasteiger partial charge is 0.251 e. The third-order valence-corrected chi connectivity index (χ3v) is 3.36. The van der Waals surface area contributed by atoms with Gasteiger partial charge in [-0.25, -0.2) is 4.98 Å². The Kier molecular flexibility index (Phi) is 3.50. The summed E-state index contributed by atoms with van der Waals surface area (Å²) in [5.41, 5.74) is 2.27. The lowest BCUT2D eigenvalue weighted by Crippen LogP contribution is -2.19.